The molecule has 1 fully saturated rings. The smallest absolute Gasteiger partial charge is 0.406 e. The number of halogens is 3. The SMILES string of the molecule is CC(C)C(NC(=O)C1(O)CC(O)C(O)C(NC(=O)Nc2ccc(OC(F)(F)F)cc2)C1)C(N)=O. The number of anilines is 1. The first-order chi connectivity index (χ1) is 15.6. The lowest BCUT2D eigenvalue weighted by atomic mass is 9.77. The van der Waals surface area contributed by atoms with Crippen LogP contribution in [-0.2, 0) is 9.59 Å². The van der Waals surface area contributed by atoms with E-state index in [0.717, 1.165) is 24.3 Å². The summed E-state index contributed by atoms with van der Waals surface area (Å²) in [5.41, 5.74) is 3.10. The zero-order chi connectivity index (χ0) is 25.8. The molecule has 0 aromatic heterocycles. The molecule has 5 atom stereocenters. The van der Waals surface area contributed by atoms with Crippen LogP contribution in [-0.4, -0.2) is 69.4 Å². The maximum Gasteiger partial charge on any atom is 0.573 e. The molecule has 8 N–H and O–H groups in total. The van der Waals surface area contributed by atoms with E-state index in [1.54, 1.807) is 13.8 Å². The van der Waals surface area contributed by atoms with Crippen LogP contribution in [0.2, 0.25) is 0 Å². The molecule has 34 heavy (non-hydrogen) atoms. The Bertz CT molecular complexity index is 897. The largest absolute Gasteiger partial charge is 0.573 e. The van der Waals surface area contributed by atoms with Crippen molar-refractivity contribution < 1.29 is 47.6 Å². The van der Waals surface area contributed by atoms with Gasteiger partial charge in [-0.15, -0.1) is 13.2 Å². The molecule has 0 heterocycles. The number of ether oxygens (including phenoxy) is 1. The zero-order valence-electron chi connectivity index (χ0n) is 18.3. The highest BCUT2D eigenvalue weighted by atomic mass is 19.4. The Balaban J connectivity index is 2.05. The fourth-order valence-electron chi connectivity index (χ4n) is 3.54. The first-order valence-electron chi connectivity index (χ1n) is 10.2. The Hall–Kier alpha value is -3.10. The number of alkyl halides is 3. The highest BCUT2D eigenvalue weighted by molar-refractivity contribution is 5.92. The molecular weight excluding hydrogens is 465 g/mol. The van der Waals surface area contributed by atoms with Gasteiger partial charge in [0.25, 0.3) is 5.91 Å². The number of hydrogen-bond acceptors (Lipinski definition) is 7. The summed E-state index contributed by atoms with van der Waals surface area (Å²) >= 11 is 0. The van der Waals surface area contributed by atoms with Crippen LogP contribution in [0.1, 0.15) is 26.7 Å². The van der Waals surface area contributed by atoms with Crippen LogP contribution in [0, 0.1) is 5.92 Å². The summed E-state index contributed by atoms with van der Waals surface area (Å²) in [6, 6.07) is 0.879. The van der Waals surface area contributed by atoms with Gasteiger partial charge in [-0.3, -0.25) is 9.59 Å². The minimum atomic E-state index is -4.88. The number of nitrogens with one attached hydrogen (secondary N) is 3. The van der Waals surface area contributed by atoms with E-state index in [1.165, 1.54) is 0 Å². The Morgan fingerprint density at radius 2 is 1.74 bits per heavy atom. The van der Waals surface area contributed by atoms with Crippen molar-refractivity contribution in [2.24, 2.45) is 11.7 Å². The lowest BCUT2D eigenvalue weighted by molar-refractivity contribution is -0.274. The third kappa shape index (κ3) is 7.20. The van der Waals surface area contributed by atoms with E-state index in [1.807, 2.05) is 0 Å². The van der Waals surface area contributed by atoms with Gasteiger partial charge in [-0.05, 0) is 30.2 Å². The van der Waals surface area contributed by atoms with Crippen LogP contribution in [0.3, 0.4) is 0 Å². The van der Waals surface area contributed by atoms with Gasteiger partial charge in [0.2, 0.25) is 5.91 Å². The van der Waals surface area contributed by atoms with Crippen LogP contribution < -0.4 is 26.4 Å². The topological polar surface area (TPSA) is 183 Å². The van der Waals surface area contributed by atoms with E-state index in [2.05, 4.69) is 20.7 Å². The Morgan fingerprint density at radius 1 is 1.15 bits per heavy atom. The van der Waals surface area contributed by atoms with Crippen molar-refractivity contribution in [3.8, 4) is 5.75 Å². The van der Waals surface area contributed by atoms with E-state index in [-0.39, 0.29) is 5.69 Å². The van der Waals surface area contributed by atoms with E-state index < -0.39 is 78.6 Å². The zero-order valence-corrected chi connectivity index (χ0v) is 18.3. The summed E-state index contributed by atoms with van der Waals surface area (Å²) in [7, 11) is 0. The second-order valence-electron chi connectivity index (χ2n) is 8.37. The number of aliphatic hydroxyl groups is 3. The number of amides is 4. The molecule has 1 saturated carbocycles. The van der Waals surface area contributed by atoms with Crippen molar-refractivity contribution in [1.82, 2.24) is 10.6 Å². The fraction of sp³-hybridized carbons (Fsp3) is 0.550. The predicted molar refractivity (Wildman–Crippen MR) is 111 cm³/mol. The molecule has 190 valence electrons. The van der Waals surface area contributed by atoms with Crippen LogP contribution in [0.5, 0.6) is 5.75 Å². The minimum Gasteiger partial charge on any atom is -0.406 e. The summed E-state index contributed by atoms with van der Waals surface area (Å²) in [5.74, 6) is -2.74. The lowest BCUT2D eigenvalue weighted by Gasteiger charge is -2.42. The summed E-state index contributed by atoms with van der Waals surface area (Å²) in [6.07, 6.45) is -9.09. The van der Waals surface area contributed by atoms with Gasteiger partial charge in [0.1, 0.15) is 23.5 Å². The second-order valence-corrected chi connectivity index (χ2v) is 8.37. The first kappa shape index (κ1) is 27.1. The summed E-state index contributed by atoms with van der Waals surface area (Å²) in [4.78, 5) is 36.5. The molecule has 1 aromatic carbocycles. The predicted octanol–water partition coefficient (Wildman–Crippen LogP) is -0.0519. The summed E-state index contributed by atoms with van der Waals surface area (Å²) < 4.78 is 40.4. The number of rotatable bonds is 7. The number of nitrogens with two attached hydrogens (primary N) is 1. The quantitative estimate of drug-likeness (QED) is 0.278. The molecule has 0 bridgehead atoms. The van der Waals surface area contributed by atoms with Gasteiger partial charge in [0, 0.05) is 18.5 Å². The Labute approximate surface area is 192 Å². The van der Waals surface area contributed by atoms with Crippen molar-refractivity contribution in [2.45, 2.75) is 62.9 Å². The maximum absolute atomic E-state index is 12.7. The van der Waals surface area contributed by atoms with Crippen LogP contribution in [0.25, 0.3) is 0 Å². The fourth-order valence-corrected chi connectivity index (χ4v) is 3.54. The number of primary amides is 1. The van der Waals surface area contributed by atoms with Gasteiger partial charge >= 0.3 is 12.4 Å². The van der Waals surface area contributed by atoms with Crippen LogP contribution >= 0.6 is 0 Å². The van der Waals surface area contributed by atoms with Crippen molar-refractivity contribution in [3.05, 3.63) is 24.3 Å². The Morgan fingerprint density at radius 3 is 2.24 bits per heavy atom. The van der Waals surface area contributed by atoms with Gasteiger partial charge in [-0.2, -0.15) is 0 Å². The molecule has 14 heteroatoms. The first-order valence-corrected chi connectivity index (χ1v) is 10.2. The number of carbonyl (C=O) groups excluding carboxylic acids is 3. The minimum absolute atomic E-state index is 0.0760. The number of benzene rings is 1. The third-order valence-corrected chi connectivity index (χ3v) is 5.26. The molecule has 4 amide bonds. The molecule has 0 aliphatic heterocycles. The highest BCUT2D eigenvalue weighted by Gasteiger charge is 2.49. The van der Waals surface area contributed by atoms with Crippen molar-refractivity contribution in [2.75, 3.05) is 5.32 Å². The van der Waals surface area contributed by atoms with E-state index >= 15 is 0 Å². The average Bonchev–Trinajstić information content (AvgIpc) is 2.69. The van der Waals surface area contributed by atoms with Crippen LogP contribution in [0.15, 0.2) is 24.3 Å². The number of aliphatic hydroxyl groups excluding tert-OH is 2. The van der Waals surface area contributed by atoms with E-state index in [9.17, 15) is 42.9 Å². The van der Waals surface area contributed by atoms with E-state index in [0.29, 0.717) is 0 Å². The molecule has 1 aliphatic carbocycles. The monoisotopic (exact) mass is 492 g/mol. The number of hydrogen-bond donors (Lipinski definition) is 7. The van der Waals surface area contributed by atoms with Gasteiger partial charge in [0.15, 0.2) is 0 Å². The second kappa shape index (κ2) is 10.4. The molecule has 1 aliphatic rings. The van der Waals surface area contributed by atoms with Gasteiger partial charge < -0.3 is 41.7 Å². The average molecular weight is 492 g/mol. The van der Waals surface area contributed by atoms with Gasteiger partial charge in [0.05, 0.1) is 12.1 Å². The van der Waals surface area contributed by atoms with Gasteiger partial charge in [-0.1, -0.05) is 13.8 Å². The number of carbonyl (C=O) groups is 3. The normalized spacial score (nSPS) is 25.9. The standard InChI is InChI=1S/C20H27F3N4O7/c1-9(2)14(16(24)30)27-17(31)19(33)7-12(15(29)13(28)8-19)26-18(32)25-10-3-5-11(6-4-10)34-20(21,22)23/h3-6,9,12-15,28-29,33H,7-8H2,1-2H3,(H2,24,30)(H,27,31)(H2,25,26,32). The van der Waals surface area contributed by atoms with Crippen molar-refractivity contribution in [1.29, 1.82) is 0 Å². The van der Waals surface area contributed by atoms with Gasteiger partial charge in [-0.25, -0.2) is 4.79 Å². The molecule has 0 saturated heterocycles. The van der Waals surface area contributed by atoms with Crippen molar-refractivity contribution >= 4 is 23.5 Å². The molecule has 2 rings (SSSR count). The molecule has 0 spiro atoms. The third-order valence-electron chi connectivity index (χ3n) is 5.26. The summed E-state index contributed by atoms with van der Waals surface area (Å²) in [6.45, 7) is 3.24. The highest BCUT2D eigenvalue weighted by Crippen LogP contribution is 2.30. The molecule has 0 radical (unpaired) electrons. The summed E-state index contributed by atoms with van der Waals surface area (Å²) in [5, 5.41) is 38.1. The molecule has 1 aromatic rings. The number of urea groups is 1. The van der Waals surface area contributed by atoms with Crippen LogP contribution in [0.4, 0.5) is 23.7 Å². The van der Waals surface area contributed by atoms with Crippen molar-refractivity contribution in [3.63, 3.8) is 0 Å². The maximum atomic E-state index is 12.7. The lowest BCUT2D eigenvalue weighted by Crippen LogP contribution is -2.64. The van der Waals surface area contributed by atoms with E-state index in [4.69, 9.17) is 5.73 Å². The Kier molecular flexibility index (Phi) is 8.34. The molecule has 5 unspecified atom stereocenters. The molecule has 11 nitrogen and oxygen atoms in total. The molecular formula is C20H27F3N4O7.